The van der Waals surface area contributed by atoms with Crippen molar-refractivity contribution in [1.29, 1.82) is 0 Å². The van der Waals surface area contributed by atoms with E-state index in [1.165, 1.54) is 18.9 Å². The Bertz CT molecular complexity index is 1280. The first-order chi connectivity index (χ1) is 17.6. The summed E-state index contributed by atoms with van der Waals surface area (Å²) in [6.07, 6.45) is 3.47. The van der Waals surface area contributed by atoms with Crippen molar-refractivity contribution in [2.45, 2.75) is 25.8 Å². The fourth-order valence-corrected chi connectivity index (χ4v) is 4.75. The van der Waals surface area contributed by atoms with Crippen molar-refractivity contribution in [3.8, 4) is 0 Å². The van der Waals surface area contributed by atoms with Gasteiger partial charge in [-0.3, -0.25) is 9.59 Å². The molecule has 2 aliphatic heterocycles. The fourth-order valence-electron chi connectivity index (χ4n) is 4.75. The molecule has 6 nitrogen and oxygen atoms in total. The number of carbonyl (C=O) groups excluding carboxylic acids is 2. The van der Waals surface area contributed by atoms with Gasteiger partial charge in [-0.2, -0.15) is 0 Å². The molecule has 0 atom stereocenters. The van der Waals surface area contributed by atoms with E-state index in [1.807, 2.05) is 24.3 Å². The van der Waals surface area contributed by atoms with Gasteiger partial charge in [-0.1, -0.05) is 36.4 Å². The number of nitrogens with zero attached hydrogens (tertiary/aromatic N) is 3. The Balaban J connectivity index is 1.27. The lowest BCUT2D eigenvalue weighted by molar-refractivity contribution is -0.112. The lowest BCUT2D eigenvalue weighted by atomic mass is 10.1. The molecule has 2 aliphatic rings. The normalized spacial score (nSPS) is 16.5. The summed E-state index contributed by atoms with van der Waals surface area (Å²) in [5.74, 6) is -0.744. The van der Waals surface area contributed by atoms with E-state index in [9.17, 15) is 14.0 Å². The maximum Gasteiger partial charge on any atom is 0.277 e. The van der Waals surface area contributed by atoms with Crippen LogP contribution in [0, 0.1) is 5.82 Å². The maximum atomic E-state index is 14.3. The minimum atomic E-state index is -0.349. The topological polar surface area (TPSA) is 65.0 Å². The number of para-hydroxylation sites is 1. The second-order valence-corrected chi connectivity index (χ2v) is 9.17. The Morgan fingerprint density at radius 3 is 2.44 bits per heavy atom. The van der Waals surface area contributed by atoms with Gasteiger partial charge in [-0.05, 0) is 75.3 Å². The summed E-state index contributed by atoms with van der Waals surface area (Å²) in [4.78, 5) is 34.4. The van der Waals surface area contributed by atoms with Crippen LogP contribution in [0.2, 0.25) is 0 Å². The molecule has 0 unspecified atom stereocenters. The molecule has 0 aromatic heterocycles. The Labute approximate surface area is 210 Å². The first-order valence-electron chi connectivity index (χ1n) is 12.4. The van der Waals surface area contributed by atoms with E-state index in [0.717, 1.165) is 26.1 Å². The second kappa shape index (κ2) is 10.8. The van der Waals surface area contributed by atoms with Crippen molar-refractivity contribution in [2.75, 3.05) is 31.1 Å². The van der Waals surface area contributed by atoms with Crippen LogP contribution < -0.4 is 10.2 Å². The third kappa shape index (κ3) is 5.21. The summed E-state index contributed by atoms with van der Waals surface area (Å²) in [5, 5.41) is 2.98. The van der Waals surface area contributed by atoms with E-state index < -0.39 is 0 Å². The lowest BCUT2D eigenvalue weighted by Gasteiger charge is -2.17. The molecule has 36 heavy (non-hydrogen) atoms. The Morgan fingerprint density at radius 2 is 1.67 bits per heavy atom. The van der Waals surface area contributed by atoms with E-state index in [1.54, 1.807) is 47.4 Å². The van der Waals surface area contributed by atoms with E-state index in [2.05, 4.69) is 15.2 Å². The Hall–Kier alpha value is -3.84. The standard InChI is InChI=1S/C29H29FN4O2/c30-25-10-3-1-8-22(25)20-34-26-11-4-2-9-24(26)27(29(34)36)32-23-14-12-21(13-15-23)28(35)31-16-7-19-33-17-5-6-18-33/h1-4,8-15H,5-7,16-20H2,(H,31,35)/b32-27-. The summed E-state index contributed by atoms with van der Waals surface area (Å²) in [6.45, 7) is 4.10. The Morgan fingerprint density at radius 1 is 0.944 bits per heavy atom. The third-order valence-corrected chi connectivity index (χ3v) is 6.69. The van der Waals surface area contributed by atoms with Crippen molar-refractivity contribution in [2.24, 2.45) is 4.99 Å². The largest absolute Gasteiger partial charge is 0.352 e. The van der Waals surface area contributed by atoms with Crippen molar-refractivity contribution in [3.63, 3.8) is 0 Å². The predicted octanol–water partition coefficient (Wildman–Crippen LogP) is 4.71. The number of aliphatic imine (C=N–C) groups is 1. The van der Waals surface area contributed by atoms with Crippen LogP contribution in [-0.4, -0.2) is 48.6 Å². The van der Waals surface area contributed by atoms with Crippen molar-refractivity contribution >= 4 is 28.9 Å². The maximum absolute atomic E-state index is 14.3. The quantitative estimate of drug-likeness (QED) is 0.471. The first-order valence-corrected chi connectivity index (χ1v) is 12.4. The zero-order valence-electron chi connectivity index (χ0n) is 20.1. The van der Waals surface area contributed by atoms with Crippen LogP contribution >= 0.6 is 0 Å². The molecule has 0 aliphatic carbocycles. The number of nitrogens with one attached hydrogen (secondary N) is 1. The molecule has 5 rings (SSSR count). The average molecular weight is 485 g/mol. The first kappa shape index (κ1) is 23.9. The molecule has 2 amide bonds. The molecule has 184 valence electrons. The molecule has 1 N–H and O–H groups in total. The van der Waals surface area contributed by atoms with Crippen LogP contribution in [0.4, 0.5) is 15.8 Å². The number of hydrogen-bond donors (Lipinski definition) is 1. The molecule has 3 aromatic carbocycles. The van der Waals surface area contributed by atoms with Gasteiger partial charge in [-0.25, -0.2) is 9.38 Å². The van der Waals surface area contributed by atoms with Gasteiger partial charge in [0.05, 0.1) is 17.9 Å². The predicted molar refractivity (Wildman–Crippen MR) is 139 cm³/mol. The van der Waals surface area contributed by atoms with Crippen molar-refractivity contribution in [1.82, 2.24) is 10.2 Å². The molecular formula is C29H29FN4O2. The highest BCUT2D eigenvalue weighted by molar-refractivity contribution is 6.54. The lowest BCUT2D eigenvalue weighted by Crippen LogP contribution is -2.29. The number of amides is 2. The smallest absolute Gasteiger partial charge is 0.277 e. The number of anilines is 1. The van der Waals surface area contributed by atoms with Gasteiger partial charge in [0.25, 0.3) is 11.8 Å². The minimum Gasteiger partial charge on any atom is -0.352 e. The zero-order valence-corrected chi connectivity index (χ0v) is 20.1. The fraction of sp³-hybridized carbons (Fsp3) is 0.276. The van der Waals surface area contributed by atoms with E-state index in [-0.39, 0.29) is 24.2 Å². The molecule has 2 heterocycles. The number of halogens is 1. The van der Waals surface area contributed by atoms with E-state index >= 15 is 0 Å². The van der Waals surface area contributed by atoms with E-state index in [4.69, 9.17) is 0 Å². The molecule has 1 fully saturated rings. The van der Waals surface area contributed by atoms with Gasteiger partial charge >= 0.3 is 0 Å². The monoisotopic (exact) mass is 484 g/mol. The molecule has 3 aromatic rings. The van der Waals surface area contributed by atoms with Crippen LogP contribution in [0.3, 0.4) is 0 Å². The second-order valence-electron chi connectivity index (χ2n) is 9.17. The van der Waals surface area contributed by atoms with Gasteiger partial charge in [-0.15, -0.1) is 0 Å². The van der Waals surface area contributed by atoms with Gasteiger partial charge in [0.1, 0.15) is 11.5 Å². The summed E-state index contributed by atoms with van der Waals surface area (Å²) in [6, 6.07) is 20.8. The van der Waals surface area contributed by atoms with Crippen LogP contribution in [-0.2, 0) is 11.3 Å². The van der Waals surface area contributed by atoms with Crippen LogP contribution in [0.25, 0.3) is 0 Å². The van der Waals surface area contributed by atoms with Gasteiger partial charge < -0.3 is 15.1 Å². The zero-order chi connectivity index (χ0) is 24.9. The SMILES string of the molecule is O=C(NCCCN1CCCC1)c1ccc(/N=C2\C(=O)N(Cc3ccccc3F)c3ccccc32)cc1. The number of likely N-dealkylation sites (tertiary alicyclic amines) is 1. The minimum absolute atomic E-state index is 0.117. The molecule has 1 saturated heterocycles. The summed E-state index contributed by atoms with van der Waals surface area (Å²) < 4.78 is 14.3. The summed E-state index contributed by atoms with van der Waals surface area (Å²) in [5.41, 5.74) is 3.29. The van der Waals surface area contributed by atoms with E-state index in [0.29, 0.717) is 40.3 Å². The van der Waals surface area contributed by atoms with Crippen LogP contribution in [0.5, 0.6) is 0 Å². The molecule has 7 heteroatoms. The third-order valence-electron chi connectivity index (χ3n) is 6.69. The van der Waals surface area contributed by atoms with Crippen molar-refractivity contribution < 1.29 is 14.0 Å². The van der Waals surface area contributed by atoms with Gasteiger partial charge in [0.15, 0.2) is 0 Å². The highest BCUT2D eigenvalue weighted by atomic mass is 19.1. The molecular weight excluding hydrogens is 455 g/mol. The summed E-state index contributed by atoms with van der Waals surface area (Å²) >= 11 is 0. The number of carbonyl (C=O) groups is 2. The van der Waals surface area contributed by atoms with Crippen LogP contribution in [0.15, 0.2) is 77.8 Å². The molecule has 0 radical (unpaired) electrons. The van der Waals surface area contributed by atoms with Gasteiger partial charge in [0.2, 0.25) is 0 Å². The molecule has 0 saturated carbocycles. The highest BCUT2D eigenvalue weighted by Gasteiger charge is 2.34. The molecule has 0 spiro atoms. The average Bonchev–Trinajstić information content (AvgIpc) is 3.51. The van der Waals surface area contributed by atoms with Crippen LogP contribution in [0.1, 0.15) is 40.7 Å². The number of fused-ring (bicyclic) bond motifs is 1. The number of benzene rings is 3. The Kier molecular flexibility index (Phi) is 7.18. The van der Waals surface area contributed by atoms with Gasteiger partial charge in [0, 0.05) is 23.2 Å². The highest BCUT2D eigenvalue weighted by Crippen LogP contribution is 2.32. The number of rotatable bonds is 8. The van der Waals surface area contributed by atoms with Crippen molar-refractivity contribution in [3.05, 3.63) is 95.3 Å². The number of hydrogen-bond acceptors (Lipinski definition) is 4. The molecule has 0 bridgehead atoms. The summed E-state index contributed by atoms with van der Waals surface area (Å²) in [7, 11) is 0.